The van der Waals surface area contributed by atoms with Gasteiger partial charge in [-0.1, -0.05) is 17.7 Å². The van der Waals surface area contributed by atoms with E-state index in [4.69, 9.17) is 27.3 Å². The molecule has 0 aromatic heterocycles. The Labute approximate surface area is 128 Å². The number of hydrogen-bond donors (Lipinski definition) is 1. The van der Waals surface area contributed by atoms with Gasteiger partial charge in [-0.3, -0.25) is 0 Å². The lowest BCUT2D eigenvalue weighted by molar-refractivity contribution is 0.306. The van der Waals surface area contributed by atoms with Crippen LogP contribution in [0, 0.1) is 17.1 Å². The van der Waals surface area contributed by atoms with Crippen LogP contribution in [0.5, 0.6) is 5.75 Å². The van der Waals surface area contributed by atoms with Gasteiger partial charge in [-0.05, 0) is 45.8 Å². The Morgan fingerprint density at radius 3 is 2.75 bits per heavy atom. The van der Waals surface area contributed by atoms with Crippen LogP contribution in [0.3, 0.4) is 0 Å². The summed E-state index contributed by atoms with van der Waals surface area (Å²) in [6.07, 6.45) is 0. The third-order valence-electron chi connectivity index (χ3n) is 2.57. The maximum atomic E-state index is 13.2. The molecule has 2 rings (SSSR count). The molecule has 0 saturated heterocycles. The fourth-order valence-corrected chi connectivity index (χ4v) is 2.58. The zero-order chi connectivity index (χ0) is 14.7. The number of hydrogen-bond acceptors (Lipinski definition) is 3. The van der Waals surface area contributed by atoms with E-state index in [0.29, 0.717) is 26.5 Å². The molecule has 2 N–H and O–H groups in total. The maximum Gasteiger partial charge on any atom is 0.156 e. The average Bonchev–Trinajstić information content (AvgIpc) is 2.39. The summed E-state index contributed by atoms with van der Waals surface area (Å²) < 4.78 is 19.4. The number of ether oxygens (including phenoxy) is 1. The van der Waals surface area contributed by atoms with Gasteiger partial charge in [0.25, 0.3) is 0 Å². The molecule has 0 spiro atoms. The van der Waals surface area contributed by atoms with Crippen molar-refractivity contribution in [3.8, 4) is 11.8 Å². The van der Waals surface area contributed by atoms with Crippen LogP contribution < -0.4 is 10.5 Å². The Balaban J connectivity index is 2.20. The van der Waals surface area contributed by atoms with Gasteiger partial charge in [0, 0.05) is 5.02 Å². The Bertz CT molecular complexity index is 677. The van der Waals surface area contributed by atoms with Gasteiger partial charge in [-0.2, -0.15) is 5.26 Å². The molecule has 102 valence electrons. The van der Waals surface area contributed by atoms with E-state index in [2.05, 4.69) is 15.9 Å². The smallest absolute Gasteiger partial charge is 0.156 e. The Hall–Kier alpha value is -1.77. The first-order valence-corrected chi connectivity index (χ1v) is 6.74. The predicted octanol–water partition coefficient (Wildman–Crippen LogP) is 4.27. The Morgan fingerprint density at radius 1 is 1.35 bits per heavy atom. The molecule has 2 aromatic carbocycles. The summed E-state index contributed by atoms with van der Waals surface area (Å²) >= 11 is 9.16. The largest absolute Gasteiger partial charge is 0.486 e. The molecule has 0 unspecified atom stereocenters. The monoisotopic (exact) mass is 354 g/mol. The lowest BCUT2D eigenvalue weighted by atomic mass is 10.1. The minimum Gasteiger partial charge on any atom is -0.486 e. The molecule has 3 nitrogen and oxygen atoms in total. The van der Waals surface area contributed by atoms with Gasteiger partial charge < -0.3 is 10.5 Å². The molecule has 20 heavy (non-hydrogen) atoms. The van der Waals surface area contributed by atoms with Crippen LogP contribution in [0.1, 0.15) is 11.1 Å². The molecule has 6 heteroatoms. The van der Waals surface area contributed by atoms with E-state index in [0.717, 1.165) is 0 Å². The lowest BCUT2D eigenvalue weighted by Crippen LogP contribution is -2.00. The second kappa shape index (κ2) is 6.12. The highest BCUT2D eigenvalue weighted by Crippen LogP contribution is 2.35. The van der Waals surface area contributed by atoms with Crippen molar-refractivity contribution in [1.29, 1.82) is 5.26 Å². The molecule has 0 amide bonds. The third kappa shape index (κ3) is 3.21. The first-order chi connectivity index (χ1) is 9.51. The van der Waals surface area contributed by atoms with E-state index in [9.17, 15) is 4.39 Å². The second-order valence-electron chi connectivity index (χ2n) is 4.02. The lowest BCUT2D eigenvalue weighted by Gasteiger charge is -2.11. The summed E-state index contributed by atoms with van der Waals surface area (Å²) in [5.74, 6) is -0.0966. The molecule has 0 radical (unpaired) electrons. The van der Waals surface area contributed by atoms with Gasteiger partial charge in [-0.15, -0.1) is 0 Å². The summed E-state index contributed by atoms with van der Waals surface area (Å²) in [4.78, 5) is 0. The number of rotatable bonds is 3. The molecule has 0 bridgehead atoms. The fourth-order valence-electron chi connectivity index (χ4n) is 1.64. The van der Waals surface area contributed by atoms with Crippen LogP contribution in [-0.2, 0) is 6.61 Å². The molecular formula is C14H9BrClFN2O. The summed E-state index contributed by atoms with van der Waals surface area (Å²) in [6.45, 7) is 0.166. The quantitative estimate of drug-likeness (QED) is 0.836. The first kappa shape index (κ1) is 14.6. The van der Waals surface area contributed by atoms with Gasteiger partial charge in [0.15, 0.2) is 5.75 Å². The van der Waals surface area contributed by atoms with E-state index in [1.165, 1.54) is 12.1 Å². The highest BCUT2D eigenvalue weighted by atomic mass is 79.9. The molecule has 2 aromatic rings. The van der Waals surface area contributed by atoms with E-state index in [1.807, 2.05) is 0 Å². The fraction of sp³-hybridized carbons (Fsp3) is 0.0714. The van der Waals surface area contributed by atoms with Crippen LogP contribution in [0.2, 0.25) is 5.02 Å². The number of nitrogens with zero attached hydrogens (tertiary/aromatic N) is 1. The standard InChI is InChI=1S/C14H9BrClFN2O/c15-11-4-10(16)5-13(19)14(11)20-7-8-1-2-12(17)9(3-8)6-18/h1-5H,7,19H2. The molecule has 0 aliphatic heterocycles. The number of nitrogens with two attached hydrogens (primary N) is 1. The first-order valence-electron chi connectivity index (χ1n) is 5.57. The van der Waals surface area contributed by atoms with Crippen molar-refractivity contribution < 1.29 is 9.13 Å². The molecular weight excluding hydrogens is 347 g/mol. The number of halogens is 3. The molecule has 0 saturated carbocycles. The van der Waals surface area contributed by atoms with E-state index in [-0.39, 0.29) is 12.2 Å². The summed E-state index contributed by atoms with van der Waals surface area (Å²) in [7, 11) is 0. The van der Waals surface area contributed by atoms with E-state index < -0.39 is 5.82 Å². The van der Waals surface area contributed by atoms with Gasteiger partial charge in [-0.25, -0.2) is 4.39 Å². The molecule has 0 atom stereocenters. The summed E-state index contributed by atoms with van der Waals surface area (Å²) in [5, 5.41) is 9.27. The zero-order valence-corrected chi connectivity index (χ0v) is 12.5. The number of nitrogen functional groups attached to an aromatic ring is 1. The normalized spacial score (nSPS) is 10.1. The van der Waals surface area contributed by atoms with E-state index in [1.54, 1.807) is 24.3 Å². The predicted molar refractivity (Wildman–Crippen MR) is 79.0 cm³/mol. The third-order valence-corrected chi connectivity index (χ3v) is 3.38. The van der Waals surface area contributed by atoms with E-state index >= 15 is 0 Å². The minimum absolute atomic E-state index is 0.0192. The SMILES string of the molecule is N#Cc1cc(COc2c(N)cc(Cl)cc2Br)ccc1F. The van der Waals surface area contributed by atoms with Gasteiger partial charge >= 0.3 is 0 Å². The highest BCUT2D eigenvalue weighted by Gasteiger charge is 2.09. The maximum absolute atomic E-state index is 13.2. The van der Waals surface area contributed by atoms with Crippen molar-refractivity contribution >= 4 is 33.2 Å². The second-order valence-corrected chi connectivity index (χ2v) is 5.31. The van der Waals surface area contributed by atoms with Gasteiger partial charge in [0.05, 0.1) is 15.7 Å². The van der Waals surface area contributed by atoms with Gasteiger partial charge in [0.2, 0.25) is 0 Å². The van der Waals surface area contributed by atoms with Crippen LogP contribution in [0.15, 0.2) is 34.8 Å². The summed E-state index contributed by atoms with van der Waals surface area (Å²) in [6, 6.07) is 9.25. The van der Waals surface area contributed by atoms with Crippen molar-refractivity contribution in [3.63, 3.8) is 0 Å². The number of nitriles is 1. The van der Waals surface area contributed by atoms with Crippen molar-refractivity contribution in [2.24, 2.45) is 0 Å². The van der Waals surface area contributed by atoms with Crippen molar-refractivity contribution in [1.82, 2.24) is 0 Å². The minimum atomic E-state index is -0.552. The van der Waals surface area contributed by atoms with Crippen molar-refractivity contribution in [2.75, 3.05) is 5.73 Å². The van der Waals surface area contributed by atoms with Crippen LogP contribution >= 0.6 is 27.5 Å². The molecule has 0 aliphatic carbocycles. The van der Waals surface area contributed by atoms with Crippen molar-refractivity contribution in [3.05, 3.63) is 56.8 Å². The Morgan fingerprint density at radius 2 is 2.10 bits per heavy atom. The Kier molecular flexibility index (Phi) is 4.48. The molecule has 0 aliphatic rings. The number of benzene rings is 2. The molecule has 0 fully saturated rings. The topological polar surface area (TPSA) is 59.0 Å². The highest BCUT2D eigenvalue weighted by molar-refractivity contribution is 9.10. The van der Waals surface area contributed by atoms with Crippen molar-refractivity contribution in [2.45, 2.75) is 6.61 Å². The molecule has 0 heterocycles. The number of anilines is 1. The zero-order valence-electron chi connectivity index (χ0n) is 10.2. The van der Waals surface area contributed by atoms with Crippen LogP contribution in [0.25, 0.3) is 0 Å². The summed E-state index contributed by atoms with van der Waals surface area (Å²) in [5.41, 5.74) is 6.86. The van der Waals surface area contributed by atoms with Crippen LogP contribution in [-0.4, -0.2) is 0 Å². The average molecular weight is 356 g/mol. The van der Waals surface area contributed by atoms with Gasteiger partial charge in [0.1, 0.15) is 18.5 Å². The van der Waals surface area contributed by atoms with Crippen LogP contribution in [0.4, 0.5) is 10.1 Å².